The van der Waals surface area contributed by atoms with E-state index in [1.54, 1.807) is 0 Å². The zero-order valence-electron chi connectivity index (χ0n) is 20.9. The van der Waals surface area contributed by atoms with Crippen molar-refractivity contribution in [3.8, 4) is 44.7 Å². The average Bonchev–Trinajstić information content (AvgIpc) is 3.70. The maximum absolute atomic E-state index is 6.31. The molecule has 184 valence electrons. The second-order valence-corrected chi connectivity index (χ2v) is 10.5. The number of pyridine rings is 1. The highest BCUT2D eigenvalue weighted by molar-refractivity contribution is 7.20. The number of rotatable bonds is 5. The summed E-state index contributed by atoms with van der Waals surface area (Å²) < 4.78 is 8.13. The Morgan fingerprint density at radius 2 is 1.53 bits per heavy atom. The first-order valence-corrected chi connectivity index (χ1v) is 13.3. The lowest BCUT2D eigenvalue weighted by atomic mass is 10.0. The minimum Gasteiger partial charge on any atom is -0.454 e. The molecule has 4 aromatic heterocycles. The molecule has 4 heterocycles. The van der Waals surface area contributed by atoms with Crippen LogP contribution in [-0.2, 0) is 0 Å². The molecule has 0 radical (unpaired) electrons. The van der Waals surface area contributed by atoms with Crippen LogP contribution < -0.4 is 0 Å². The zero-order chi connectivity index (χ0) is 25.6. The third-order valence-corrected chi connectivity index (χ3v) is 7.62. The smallest absolute Gasteiger partial charge is 0.235 e. The summed E-state index contributed by atoms with van der Waals surface area (Å²) in [5, 5.41) is 15.6. The van der Waals surface area contributed by atoms with Crippen molar-refractivity contribution in [1.29, 1.82) is 0 Å². The lowest BCUT2D eigenvalue weighted by Gasteiger charge is -2.07. The summed E-state index contributed by atoms with van der Waals surface area (Å²) in [5.41, 5.74) is 5.96. The SMILES string of the molecule is CC(C)c1ccc(-c2ccc(-c3cc(-c4nn5c(-c6ccccc6)nnc5s4)c4ccccc4n3)o2)cc1. The number of aromatic nitrogens is 5. The summed E-state index contributed by atoms with van der Waals surface area (Å²) in [6.45, 7) is 4.39. The van der Waals surface area contributed by atoms with Crippen LogP contribution >= 0.6 is 11.3 Å². The Morgan fingerprint density at radius 1 is 0.763 bits per heavy atom. The Balaban J connectivity index is 1.32. The van der Waals surface area contributed by atoms with Gasteiger partial charge in [-0.15, -0.1) is 10.2 Å². The van der Waals surface area contributed by atoms with Gasteiger partial charge in [-0.3, -0.25) is 0 Å². The number of hydrogen-bond donors (Lipinski definition) is 0. The first-order valence-electron chi connectivity index (χ1n) is 12.5. The van der Waals surface area contributed by atoms with Gasteiger partial charge in [-0.1, -0.05) is 98.0 Å². The second-order valence-electron chi connectivity index (χ2n) is 9.50. The van der Waals surface area contributed by atoms with Crippen LogP contribution in [0.4, 0.5) is 0 Å². The fraction of sp³-hybridized carbons (Fsp3) is 0.0968. The summed E-state index contributed by atoms with van der Waals surface area (Å²) in [6.07, 6.45) is 0. The van der Waals surface area contributed by atoms with Gasteiger partial charge in [0.2, 0.25) is 4.96 Å². The van der Waals surface area contributed by atoms with E-state index in [2.05, 4.69) is 60.4 Å². The molecule has 0 saturated heterocycles. The third-order valence-electron chi connectivity index (χ3n) is 6.69. The molecule has 7 rings (SSSR count). The summed E-state index contributed by atoms with van der Waals surface area (Å²) in [4.78, 5) is 5.67. The number of furan rings is 1. The quantitative estimate of drug-likeness (QED) is 0.232. The van der Waals surface area contributed by atoms with E-state index >= 15 is 0 Å². The molecule has 0 aliphatic carbocycles. The molecule has 3 aromatic carbocycles. The number of benzene rings is 3. The normalized spacial score (nSPS) is 11.7. The largest absolute Gasteiger partial charge is 0.454 e. The molecule has 0 spiro atoms. The molecular weight excluding hydrogens is 490 g/mol. The lowest BCUT2D eigenvalue weighted by molar-refractivity contribution is 0.595. The monoisotopic (exact) mass is 513 g/mol. The van der Waals surface area contributed by atoms with E-state index in [1.165, 1.54) is 16.9 Å². The molecule has 0 fully saturated rings. The van der Waals surface area contributed by atoms with Crippen LogP contribution in [0.15, 0.2) is 101 Å². The van der Waals surface area contributed by atoms with Gasteiger partial charge < -0.3 is 4.42 Å². The molecule has 38 heavy (non-hydrogen) atoms. The number of hydrogen-bond acceptors (Lipinski definition) is 6. The van der Waals surface area contributed by atoms with Crippen molar-refractivity contribution in [2.75, 3.05) is 0 Å². The Labute approximate surface area is 223 Å². The number of fused-ring (bicyclic) bond motifs is 2. The van der Waals surface area contributed by atoms with Gasteiger partial charge in [-0.2, -0.15) is 9.61 Å². The lowest BCUT2D eigenvalue weighted by Crippen LogP contribution is -1.92. The van der Waals surface area contributed by atoms with Crippen LogP contribution in [0.1, 0.15) is 25.3 Å². The Hall–Kier alpha value is -4.62. The highest BCUT2D eigenvalue weighted by Gasteiger charge is 2.18. The molecule has 7 heteroatoms. The van der Waals surface area contributed by atoms with E-state index in [0.29, 0.717) is 11.7 Å². The molecule has 0 bridgehead atoms. The van der Waals surface area contributed by atoms with E-state index in [0.717, 1.165) is 54.8 Å². The van der Waals surface area contributed by atoms with Gasteiger partial charge in [-0.25, -0.2) is 4.98 Å². The topological polar surface area (TPSA) is 69.1 Å². The maximum atomic E-state index is 6.31. The zero-order valence-corrected chi connectivity index (χ0v) is 21.7. The van der Waals surface area contributed by atoms with Crippen molar-refractivity contribution >= 4 is 27.2 Å². The van der Waals surface area contributed by atoms with E-state index in [4.69, 9.17) is 14.5 Å². The van der Waals surface area contributed by atoms with Crippen molar-refractivity contribution in [1.82, 2.24) is 24.8 Å². The number of para-hydroxylation sites is 1. The predicted octanol–water partition coefficient (Wildman–Crippen LogP) is 8.12. The first-order chi connectivity index (χ1) is 18.6. The Bertz CT molecular complexity index is 1900. The Morgan fingerprint density at radius 3 is 2.34 bits per heavy atom. The molecule has 0 N–H and O–H groups in total. The van der Waals surface area contributed by atoms with Crippen LogP contribution in [-0.4, -0.2) is 24.8 Å². The minimum atomic E-state index is 0.490. The maximum Gasteiger partial charge on any atom is 0.235 e. The molecule has 0 aliphatic rings. The van der Waals surface area contributed by atoms with E-state index in [1.807, 2.05) is 65.2 Å². The van der Waals surface area contributed by atoms with Gasteiger partial charge in [0.05, 0.1) is 5.52 Å². The summed E-state index contributed by atoms with van der Waals surface area (Å²) in [6, 6.07) is 32.7. The van der Waals surface area contributed by atoms with Gasteiger partial charge in [0.1, 0.15) is 16.5 Å². The second kappa shape index (κ2) is 9.04. The summed E-state index contributed by atoms with van der Waals surface area (Å²) in [7, 11) is 0. The highest BCUT2D eigenvalue weighted by atomic mass is 32.1. The van der Waals surface area contributed by atoms with Crippen LogP contribution in [0.2, 0.25) is 0 Å². The molecule has 6 nitrogen and oxygen atoms in total. The van der Waals surface area contributed by atoms with E-state index in [9.17, 15) is 0 Å². The Kier molecular flexibility index (Phi) is 5.37. The van der Waals surface area contributed by atoms with Crippen molar-refractivity contribution in [2.45, 2.75) is 19.8 Å². The van der Waals surface area contributed by atoms with Gasteiger partial charge in [-0.05, 0) is 35.7 Å². The van der Waals surface area contributed by atoms with Crippen LogP contribution in [0.5, 0.6) is 0 Å². The standard InChI is InChI=1S/C31H23N5OS/c1-19(2)20-12-14-21(15-13-20)27-16-17-28(37-27)26-18-24(23-10-6-7-11-25(23)32-26)30-35-36-29(33-34-31(36)38-30)22-8-4-3-5-9-22/h3-19H,1-2H3. The molecule has 0 aliphatic heterocycles. The third kappa shape index (κ3) is 3.88. The predicted molar refractivity (Wildman–Crippen MR) is 152 cm³/mol. The molecule has 7 aromatic rings. The average molecular weight is 514 g/mol. The summed E-state index contributed by atoms with van der Waals surface area (Å²) in [5.74, 6) is 2.75. The van der Waals surface area contributed by atoms with Crippen molar-refractivity contribution in [2.24, 2.45) is 0 Å². The van der Waals surface area contributed by atoms with Gasteiger partial charge in [0.15, 0.2) is 11.6 Å². The van der Waals surface area contributed by atoms with E-state index < -0.39 is 0 Å². The molecular formula is C31H23N5OS. The molecule has 0 amide bonds. The minimum absolute atomic E-state index is 0.490. The van der Waals surface area contributed by atoms with Gasteiger partial charge in [0.25, 0.3) is 0 Å². The van der Waals surface area contributed by atoms with Crippen LogP contribution in [0, 0.1) is 0 Å². The first kappa shape index (κ1) is 22.6. The summed E-state index contributed by atoms with van der Waals surface area (Å²) >= 11 is 1.51. The van der Waals surface area contributed by atoms with Crippen molar-refractivity contribution in [3.05, 3.63) is 103 Å². The fourth-order valence-corrected chi connectivity index (χ4v) is 5.50. The number of nitrogens with zero attached hydrogens (tertiary/aromatic N) is 5. The van der Waals surface area contributed by atoms with Gasteiger partial charge in [0, 0.05) is 22.1 Å². The fourth-order valence-electron chi connectivity index (χ4n) is 4.63. The van der Waals surface area contributed by atoms with Crippen LogP contribution in [0.3, 0.4) is 0 Å². The molecule has 0 atom stereocenters. The molecule has 0 saturated carbocycles. The van der Waals surface area contributed by atoms with Gasteiger partial charge >= 0.3 is 0 Å². The van der Waals surface area contributed by atoms with Crippen molar-refractivity contribution in [3.63, 3.8) is 0 Å². The van der Waals surface area contributed by atoms with Crippen molar-refractivity contribution < 1.29 is 4.42 Å². The van der Waals surface area contributed by atoms with E-state index in [-0.39, 0.29) is 0 Å². The molecule has 0 unspecified atom stereocenters. The van der Waals surface area contributed by atoms with Crippen LogP contribution in [0.25, 0.3) is 60.6 Å². The highest BCUT2D eigenvalue weighted by Crippen LogP contribution is 2.36.